The molecule has 0 radical (unpaired) electrons. The first kappa shape index (κ1) is 17.1. The lowest BCUT2D eigenvalue weighted by atomic mass is 9.97. The zero-order valence-corrected chi connectivity index (χ0v) is 10.6. The third-order valence-corrected chi connectivity index (χ3v) is 3.15. The smallest absolute Gasteiger partial charge is 0.402 e. The lowest BCUT2D eigenvalue weighted by Crippen LogP contribution is -2.44. The molecule has 1 unspecified atom stereocenters. The molecule has 0 rings (SSSR count). The molecule has 1 atom stereocenters. The van der Waals surface area contributed by atoms with Crippen LogP contribution in [0, 0.1) is 11.8 Å². The molecule has 0 aliphatic heterocycles. The van der Waals surface area contributed by atoms with Crippen LogP contribution in [0.5, 0.6) is 0 Å². The van der Waals surface area contributed by atoms with Gasteiger partial charge in [0.2, 0.25) is 0 Å². The Hall–Kier alpha value is -0.870. The highest BCUT2D eigenvalue weighted by Gasteiger charge is 2.30. The minimum absolute atomic E-state index is 0.354. The molecule has 0 aliphatic carbocycles. The third-order valence-electron chi connectivity index (χ3n) is 2.08. The summed E-state index contributed by atoms with van der Waals surface area (Å²) >= 11 is 0. The number of nitrogens with one attached hydrogen (secondary N) is 2. The summed E-state index contributed by atoms with van der Waals surface area (Å²) in [5, 5.41) is 8.76. The second-order valence-electron chi connectivity index (χ2n) is 3.98. The molecule has 0 saturated heterocycles. The lowest BCUT2D eigenvalue weighted by molar-refractivity contribution is -0.142. The van der Waals surface area contributed by atoms with E-state index in [1.807, 2.05) is 0 Å². The van der Waals surface area contributed by atoms with Crippen molar-refractivity contribution in [1.82, 2.24) is 9.44 Å². The Morgan fingerprint density at radius 3 is 2.11 bits per heavy atom. The van der Waals surface area contributed by atoms with E-state index in [9.17, 15) is 26.4 Å². The first-order valence-corrected chi connectivity index (χ1v) is 6.47. The molecule has 0 aromatic rings. The Balaban J connectivity index is 4.38. The standard InChI is InChI=1S/C8H15F3N2O4S/c1-5(2)6(7(14)15)3-12-18(16,17)13-4-8(9,10)11/h5-6,12-13H,3-4H2,1-2H3,(H,14,15). The zero-order valence-electron chi connectivity index (χ0n) is 9.78. The fourth-order valence-corrected chi connectivity index (χ4v) is 1.89. The third kappa shape index (κ3) is 7.45. The monoisotopic (exact) mass is 292 g/mol. The molecule has 18 heavy (non-hydrogen) atoms. The highest BCUT2D eigenvalue weighted by molar-refractivity contribution is 7.87. The van der Waals surface area contributed by atoms with E-state index in [1.165, 1.54) is 4.72 Å². The summed E-state index contributed by atoms with van der Waals surface area (Å²) in [5.74, 6) is -2.58. The molecule has 0 aromatic carbocycles. The van der Waals surface area contributed by atoms with Crippen LogP contribution in [0.3, 0.4) is 0 Å². The molecule has 3 N–H and O–H groups in total. The molecule has 6 nitrogen and oxygen atoms in total. The molecule has 0 fully saturated rings. The molecule has 0 aliphatic rings. The molecule has 10 heteroatoms. The molecule has 0 amide bonds. The Morgan fingerprint density at radius 2 is 1.78 bits per heavy atom. The van der Waals surface area contributed by atoms with Crippen LogP contribution in [0.25, 0.3) is 0 Å². The van der Waals surface area contributed by atoms with Gasteiger partial charge in [0.15, 0.2) is 0 Å². The maximum Gasteiger partial charge on any atom is 0.402 e. The first-order chi connectivity index (χ1) is 7.94. The summed E-state index contributed by atoms with van der Waals surface area (Å²) in [6, 6.07) is 0. The number of hydrogen-bond acceptors (Lipinski definition) is 3. The molecular weight excluding hydrogens is 277 g/mol. The normalized spacial score (nSPS) is 14.8. The van der Waals surface area contributed by atoms with Crippen molar-refractivity contribution >= 4 is 16.2 Å². The van der Waals surface area contributed by atoms with E-state index in [1.54, 1.807) is 18.6 Å². The number of carboxylic acid groups (broad SMARTS) is 1. The molecule has 0 spiro atoms. The van der Waals surface area contributed by atoms with Gasteiger partial charge < -0.3 is 5.11 Å². The number of alkyl halides is 3. The molecule has 108 valence electrons. The van der Waals surface area contributed by atoms with Crippen LogP contribution in [-0.2, 0) is 15.0 Å². The van der Waals surface area contributed by atoms with Gasteiger partial charge in [0.1, 0.15) is 6.54 Å². The van der Waals surface area contributed by atoms with Crippen LogP contribution in [-0.4, -0.2) is 38.8 Å². The molecule has 0 bridgehead atoms. The Bertz CT molecular complexity index is 380. The van der Waals surface area contributed by atoms with Gasteiger partial charge in [-0.15, -0.1) is 0 Å². The highest BCUT2D eigenvalue weighted by atomic mass is 32.2. The maximum atomic E-state index is 11.8. The average Bonchev–Trinajstić information content (AvgIpc) is 2.12. The number of halogens is 3. The summed E-state index contributed by atoms with van der Waals surface area (Å²) < 4.78 is 60.7. The quantitative estimate of drug-likeness (QED) is 0.630. The number of rotatable bonds is 7. The van der Waals surface area contributed by atoms with Crippen molar-refractivity contribution in [3.8, 4) is 0 Å². The predicted molar refractivity (Wildman–Crippen MR) is 56.9 cm³/mol. The van der Waals surface area contributed by atoms with E-state index >= 15 is 0 Å². The van der Waals surface area contributed by atoms with Gasteiger partial charge in [-0.05, 0) is 5.92 Å². The minimum atomic E-state index is -4.67. The highest BCUT2D eigenvalue weighted by Crippen LogP contribution is 2.13. The number of hydrogen-bond donors (Lipinski definition) is 3. The van der Waals surface area contributed by atoms with Crippen molar-refractivity contribution in [1.29, 1.82) is 0 Å². The molecule has 0 aromatic heterocycles. The van der Waals surface area contributed by atoms with Crippen molar-refractivity contribution in [3.63, 3.8) is 0 Å². The predicted octanol–water partition coefficient (Wildman–Crippen LogP) is 0.329. The van der Waals surface area contributed by atoms with Gasteiger partial charge in [0, 0.05) is 6.54 Å². The van der Waals surface area contributed by atoms with E-state index < -0.39 is 41.4 Å². The lowest BCUT2D eigenvalue weighted by Gasteiger charge is -2.17. The topological polar surface area (TPSA) is 95.5 Å². The van der Waals surface area contributed by atoms with E-state index in [2.05, 4.69) is 0 Å². The Kier molecular flexibility index (Phi) is 6.04. The van der Waals surface area contributed by atoms with E-state index in [0.29, 0.717) is 0 Å². The fourth-order valence-electron chi connectivity index (χ4n) is 1.04. The van der Waals surface area contributed by atoms with Crippen LogP contribution in [0.15, 0.2) is 0 Å². The van der Waals surface area contributed by atoms with E-state index in [4.69, 9.17) is 5.11 Å². The van der Waals surface area contributed by atoms with Crippen LogP contribution in [0.2, 0.25) is 0 Å². The number of carbonyl (C=O) groups is 1. The largest absolute Gasteiger partial charge is 0.481 e. The maximum absolute atomic E-state index is 11.8. The summed E-state index contributed by atoms with van der Waals surface area (Å²) in [6.45, 7) is 0.953. The van der Waals surface area contributed by atoms with Crippen LogP contribution < -0.4 is 9.44 Å². The van der Waals surface area contributed by atoms with Gasteiger partial charge >= 0.3 is 12.1 Å². The van der Waals surface area contributed by atoms with Gasteiger partial charge in [0.25, 0.3) is 10.2 Å². The van der Waals surface area contributed by atoms with Crippen molar-refractivity contribution in [2.75, 3.05) is 13.1 Å². The van der Waals surface area contributed by atoms with Crippen LogP contribution >= 0.6 is 0 Å². The van der Waals surface area contributed by atoms with Gasteiger partial charge in [-0.25, -0.2) is 4.72 Å². The number of aliphatic carboxylic acids is 1. The van der Waals surface area contributed by atoms with Gasteiger partial charge in [-0.2, -0.15) is 26.3 Å². The zero-order chi connectivity index (χ0) is 14.6. The fraction of sp³-hybridized carbons (Fsp3) is 0.875. The Morgan fingerprint density at radius 1 is 1.28 bits per heavy atom. The van der Waals surface area contributed by atoms with Gasteiger partial charge in [-0.1, -0.05) is 13.8 Å². The van der Waals surface area contributed by atoms with Crippen LogP contribution in [0.4, 0.5) is 13.2 Å². The van der Waals surface area contributed by atoms with Crippen molar-refractivity contribution in [3.05, 3.63) is 0 Å². The molecular formula is C8H15F3N2O4S. The minimum Gasteiger partial charge on any atom is -0.481 e. The number of carboxylic acids is 1. The average molecular weight is 292 g/mol. The van der Waals surface area contributed by atoms with Crippen molar-refractivity contribution < 1.29 is 31.5 Å². The first-order valence-electron chi connectivity index (χ1n) is 4.98. The SMILES string of the molecule is CC(C)C(CNS(=O)(=O)NCC(F)(F)F)C(=O)O. The summed E-state index contributed by atoms with van der Waals surface area (Å²) in [5.41, 5.74) is 0. The van der Waals surface area contributed by atoms with Gasteiger partial charge in [0.05, 0.1) is 5.92 Å². The molecule has 0 saturated carbocycles. The van der Waals surface area contributed by atoms with Crippen molar-refractivity contribution in [2.45, 2.75) is 20.0 Å². The van der Waals surface area contributed by atoms with Gasteiger partial charge in [-0.3, -0.25) is 4.79 Å². The second-order valence-corrected chi connectivity index (χ2v) is 5.56. The van der Waals surface area contributed by atoms with Crippen LogP contribution in [0.1, 0.15) is 13.8 Å². The molecule has 0 heterocycles. The van der Waals surface area contributed by atoms with E-state index in [-0.39, 0.29) is 5.92 Å². The second kappa shape index (κ2) is 6.34. The van der Waals surface area contributed by atoms with E-state index in [0.717, 1.165) is 0 Å². The summed E-state index contributed by atoms with van der Waals surface area (Å²) in [4.78, 5) is 10.7. The summed E-state index contributed by atoms with van der Waals surface area (Å²) in [7, 11) is -4.36. The summed E-state index contributed by atoms with van der Waals surface area (Å²) in [6.07, 6.45) is -4.67. The van der Waals surface area contributed by atoms with Crippen molar-refractivity contribution in [2.24, 2.45) is 11.8 Å². The Labute approximate surface area is 103 Å².